The van der Waals surface area contributed by atoms with Crippen LogP contribution in [0.1, 0.15) is 45.4 Å². The van der Waals surface area contributed by atoms with Crippen LogP contribution >= 0.6 is 0 Å². The molecule has 0 aromatic carbocycles. The van der Waals surface area contributed by atoms with Gasteiger partial charge in [-0.1, -0.05) is 6.92 Å². The molecule has 1 amide bonds. The maximum absolute atomic E-state index is 12.1. The van der Waals surface area contributed by atoms with Crippen LogP contribution in [-0.4, -0.2) is 42.4 Å². The smallest absolute Gasteiger partial charge is 0.329 e. The van der Waals surface area contributed by atoms with Gasteiger partial charge in [-0.15, -0.1) is 0 Å². The van der Waals surface area contributed by atoms with E-state index in [2.05, 4.69) is 12.2 Å². The number of rotatable bonds is 4. The largest absolute Gasteiger partial charge is 0.480 e. The number of carbonyl (C=O) groups is 2. The highest BCUT2D eigenvalue weighted by Gasteiger charge is 2.43. The summed E-state index contributed by atoms with van der Waals surface area (Å²) in [6, 6.07) is 0. The molecule has 0 bridgehead atoms. The maximum Gasteiger partial charge on any atom is 0.329 e. The Morgan fingerprint density at radius 2 is 1.86 bits per heavy atom. The fourth-order valence-electron chi connectivity index (χ4n) is 3.26. The Labute approximate surface area is 125 Å². The Bertz CT molecular complexity index is 519. The first-order chi connectivity index (χ1) is 9.72. The van der Waals surface area contributed by atoms with Crippen molar-refractivity contribution < 1.29 is 23.1 Å². The molecule has 0 unspecified atom stereocenters. The number of carboxylic acid groups (broad SMARTS) is 1. The van der Waals surface area contributed by atoms with Crippen LogP contribution < -0.4 is 5.32 Å². The summed E-state index contributed by atoms with van der Waals surface area (Å²) in [7, 11) is -3.01. The zero-order valence-electron chi connectivity index (χ0n) is 12.3. The van der Waals surface area contributed by atoms with E-state index in [1.165, 1.54) is 0 Å². The van der Waals surface area contributed by atoms with Gasteiger partial charge >= 0.3 is 5.97 Å². The second kappa shape index (κ2) is 5.94. The lowest BCUT2D eigenvalue weighted by Gasteiger charge is -2.36. The average molecular weight is 317 g/mol. The summed E-state index contributed by atoms with van der Waals surface area (Å²) in [5.41, 5.74) is -1.17. The van der Waals surface area contributed by atoms with Crippen LogP contribution in [0.25, 0.3) is 0 Å². The topological polar surface area (TPSA) is 101 Å². The zero-order valence-corrected chi connectivity index (χ0v) is 13.1. The minimum atomic E-state index is -3.01. The standard InChI is InChI=1S/C14H23NO5S/c1-10-2-5-14(6-3-10,13(17)18)15-12(16)8-11-4-7-21(19,20)9-11/h10-11H,2-9H2,1H3,(H,15,16)(H,17,18)/t10?,11-,14?/m0/s1. The Kier molecular flexibility index (Phi) is 4.60. The summed E-state index contributed by atoms with van der Waals surface area (Å²) in [5.74, 6) is -0.849. The van der Waals surface area contributed by atoms with Crippen molar-refractivity contribution in [1.82, 2.24) is 5.32 Å². The second-order valence-electron chi connectivity index (χ2n) is 6.59. The first-order valence-electron chi connectivity index (χ1n) is 7.47. The van der Waals surface area contributed by atoms with Crippen LogP contribution in [-0.2, 0) is 19.4 Å². The molecule has 6 nitrogen and oxygen atoms in total. The number of aliphatic carboxylic acids is 1. The third-order valence-corrected chi connectivity index (χ3v) is 6.55. The predicted octanol–water partition coefficient (Wildman–Crippen LogP) is 0.961. The van der Waals surface area contributed by atoms with Gasteiger partial charge in [0.05, 0.1) is 11.5 Å². The highest BCUT2D eigenvalue weighted by Crippen LogP contribution is 2.32. The molecular formula is C14H23NO5S. The van der Waals surface area contributed by atoms with Crippen molar-refractivity contribution in [2.24, 2.45) is 11.8 Å². The predicted molar refractivity (Wildman–Crippen MR) is 77.5 cm³/mol. The number of amides is 1. The van der Waals surface area contributed by atoms with Crippen LogP contribution in [0, 0.1) is 11.8 Å². The van der Waals surface area contributed by atoms with E-state index in [-0.39, 0.29) is 29.8 Å². The van der Waals surface area contributed by atoms with Gasteiger partial charge in [0.15, 0.2) is 9.84 Å². The molecule has 21 heavy (non-hydrogen) atoms. The van der Waals surface area contributed by atoms with Crippen molar-refractivity contribution in [2.75, 3.05) is 11.5 Å². The fourth-order valence-corrected chi connectivity index (χ4v) is 5.12. The van der Waals surface area contributed by atoms with Crippen LogP contribution in [0.4, 0.5) is 0 Å². The number of hydrogen-bond donors (Lipinski definition) is 2. The molecular weight excluding hydrogens is 294 g/mol. The van der Waals surface area contributed by atoms with E-state index in [0.29, 0.717) is 25.2 Å². The second-order valence-corrected chi connectivity index (χ2v) is 8.82. The summed E-state index contributed by atoms with van der Waals surface area (Å²) in [6.45, 7) is 2.08. The van der Waals surface area contributed by atoms with Crippen molar-refractivity contribution in [2.45, 2.75) is 51.0 Å². The van der Waals surface area contributed by atoms with E-state index in [9.17, 15) is 23.1 Å². The monoisotopic (exact) mass is 317 g/mol. The Hall–Kier alpha value is -1.11. The molecule has 1 heterocycles. The minimum absolute atomic E-state index is 0.0392. The van der Waals surface area contributed by atoms with Gasteiger partial charge < -0.3 is 10.4 Å². The molecule has 0 aromatic heterocycles. The van der Waals surface area contributed by atoms with Crippen molar-refractivity contribution in [1.29, 1.82) is 0 Å². The molecule has 0 radical (unpaired) electrons. The summed E-state index contributed by atoms with van der Waals surface area (Å²) in [4.78, 5) is 23.6. The number of sulfone groups is 1. The van der Waals surface area contributed by atoms with Crippen LogP contribution in [0.2, 0.25) is 0 Å². The lowest BCUT2D eigenvalue weighted by molar-refractivity contribution is -0.149. The first kappa shape index (κ1) is 16.3. The Morgan fingerprint density at radius 3 is 2.33 bits per heavy atom. The van der Waals surface area contributed by atoms with Gasteiger partial charge in [-0.2, -0.15) is 0 Å². The molecule has 1 aliphatic carbocycles. The lowest BCUT2D eigenvalue weighted by Crippen LogP contribution is -2.56. The molecule has 120 valence electrons. The average Bonchev–Trinajstić information content (AvgIpc) is 2.71. The van der Waals surface area contributed by atoms with Gasteiger partial charge in [-0.05, 0) is 43.9 Å². The fraction of sp³-hybridized carbons (Fsp3) is 0.857. The van der Waals surface area contributed by atoms with Gasteiger partial charge in [-0.25, -0.2) is 13.2 Å². The van der Waals surface area contributed by atoms with E-state index < -0.39 is 21.3 Å². The van der Waals surface area contributed by atoms with Crippen LogP contribution in [0.3, 0.4) is 0 Å². The Morgan fingerprint density at radius 1 is 1.24 bits per heavy atom. The van der Waals surface area contributed by atoms with E-state index in [1.54, 1.807) is 0 Å². The molecule has 2 aliphatic rings. The molecule has 2 rings (SSSR count). The van der Waals surface area contributed by atoms with Gasteiger partial charge in [0.2, 0.25) is 5.91 Å². The van der Waals surface area contributed by atoms with Crippen molar-refractivity contribution in [3.05, 3.63) is 0 Å². The van der Waals surface area contributed by atoms with Crippen LogP contribution in [0.5, 0.6) is 0 Å². The van der Waals surface area contributed by atoms with Gasteiger partial charge in [0, 0.05) is 6.42 Å². The van der Waals surface area contributed by atoms with E-state index >= 15 is 0 Å². The molecule has 0 aromatic rings. The third kappa shape index (κ3) is 3.96. The van der Waals surface area contributed by atoms with Gasteiger partial charge in [0.25, 0.3) is 0 Å². The molecule has 1 saturated heterocycles. The first-order valence-corrected chi connectivity index (χ1v) is 9.29. The summed E-state index contributed by atoms with van der Waals surface area (Å²) in [6.07, 6.45) is 3.04. The van der Waals surface area contributed by atoms with Gasteiger partial charge in [-0.3, -0.25) is 4.79 Å². The molecule has 0 spiro atoms. The quantitative estimate of drug-likeness (QED) is 0.804. The Balaban J connectivity index is 1.95. The number of nitrogens with one attached hydrogen (secondary N) is 1. The lowest BCUT2D eigenvalue weighted by atomic mass is 9.77. The van der Waals surface area contributed by atoms with E-state index in [0.717, 1.165) is 12.8 Å². The maximum atomic E-state index is 12.1. The SMILES string of the molecule is CC1CCC(NC(=O)C[C@@H]2CCS(=O)(=O)C2)(C(=O)O)CC1. The molecule has 7 heteroatoms. The molecule has 1 atom stereocenters. The normalized spacial score (nSPS) is 35.3. The highest BCUT2D eigenvalue weighted by atomic mass is 32.2. The molecule has 2 fully saturated rings. The van der Waals surface area contributed by atoms with Crippen LogP contribution in [0.15, 0.2) is 0 Å². The van der Waals surface area contributed by atoms with Crippen molar-refractivity contribution >= 4 is 21.7 Å². The molecule has 2 N–H and O–H groups in total. The molecule has 1 saturated carbocycles. The zero-order chi connectivity index (χ0) is 15.7. The molecule has 1 aliphatic heterocycles. The van der Waals surface area contributed by atoms with E-state index in [1.807, 2.05) is 0 Å². The minimum Gasteiger partial charge on any atom is -0.480 e. The number of hydrogen-bond acceptors (Lipinski definition) is 4. The number of carbonyl (C=O) groups excluding carboxylic acids is 1. The summed E-state index contributed by atoms with van der Waals surface area (Å²) in [5, 5.41) is 12.1. The van der Waals surface area contributed by atoms with Crippen molar-refractivity contribution in [3.8, 4) is 0 Å². The summed E-state index contributed by atoms with van der Waals surface area (Å²) >= 11 is 0. The summed E-state index contributed by atoms with van der Waals surface area (Å²) < 4.78 is 22.8. The van der Waals surface area contributed by atoms with E-state index in [4.69, 9.17) is 0 Å². The third-order valence-electron chi connectivity index (χ3n) is 4.72. The van der Waals surface area contributed by atoms with Crippen molar-refractivity contribution in [3.63, 3.8) is 0 Å². The number of carboxylic acids is 1. The highest BCUT2D eigenvalue weighted by molar-refractivity contribution is 7.91. The van der Waals surface area contributed by atoms with Gasteiger partial charge in [0.1, 0.15) is 5.54 Å².